The largest absolute Gasteiger partial charge is 0.244 e. The van der Waals surface area contributed by atoms with Crippen molar-refractivity contribution in [1.82, 2.24) is 4.31 Å². The van der Waals surface area contributed by atoms with Gasteiger partial charge in [-0.2, -0.15) is 4.31 Å². The summed E-state index contributed by atoms with van der Waals surface area (Å²) in [5, 5.41) is 1.91. The van der Waals surface area contributed by atoms with E-state index >= 15 is 0 Å². The zero-order valence-corrected chi connectivity index (χ0v) is 14.7. The van der Waals surface area contributed by atoms with Gasteiger partial charge in [-0.1, -0.05) is 12.8 Å². The van der Waals surface area contributed by atoms with Crippen molar-refractivity contribution in [1.29, 1.82) is 0 Å². The SMILES string of the molecule is Cc1csc(CCl)c1S(=O)(=O)N1CCCC1C1CCCC1. The molecule has 1 saturated carbocycles. The molecule has 118 valence electrons. The van der Waals surface area contributed by atoms with Gasteiger partial charge in [0.1, 0.15) is 4.90 Å². The molecule has 3 rings (SSSR count). The first-order valence-electron chi connectivity index (χ1n) is 7.70. The maximum Gasteiger partial charge on any atom is 0.244 e. The standard InChI is InChI=1S/C15H22ClNO2S2/c1-11-10-20-14(9-16)15(11)21(18,19)17-8-4-7-13(17)12-5-2-3-6-12/h10,12-13H,2-9H2,1H3. The molecule has 1 aliphatic carbocycles. The summed E-state index contributed by atoms with van der Waals surface area (Å²) in [6, 6.07) is 0.208. The van der Waals surface area contributed by atoms with Crippen LogP contribution in [0.3, 0.4) is 0 Å². The third-order valence-electron chi connectivity index (χ3n) is 4.87. The van der Waals surface area contributed by atoms with Gasteiger partial charge in [0.25, 0.3) is 0 Å². The molecule has 1 saturated heterocycles. The fraction of sp³-hybridized carbons (Fsp3) is 0.733. The Balaban J connectivity index is 1.95. The molecule has 1 aliphatic heterocycles. The number of halogens is 1. The minimum Gasteiger partial charge on any atom is -0.207 e. The van der Waals surface area contributed by atoms with E-state index in [0.29, 0.717) is 17.4 Å². The Morgan fingerprint density at radius 2 is 2.00 bits per heavy atom. The van der Waals surface area contributed by atoms with Gasteiger partial charge in [-0.15, -0.1) is 22.9 Å². The average Bonchev–Trinajstić information content (AvgIpc) is 3.18. The number of nitrogens with zero attached hydrogens (tertiary/aromatic N) is 1. The van der Waals surface area contributed by atoms with E-state index in [9.17, 15) is 8.42 Å². The number of aryl methyl sites for hydroxylation is 1. The second-order valence-corrected chi connectivity index (χ2v) is 9.23. The number of hydrogen-bond acceptors (Lipinski definition) is 3. The second kappa shape index (κ2) is 6.19. The molecule has 0 N–H and O–H groups in total. The van der Waals surface area contributed by atoms with Gasteiger partial charge in [-0.05, 0) is 49.5 Å². The third kappa shape index (κ3) is 2.78. The first-order chi connectivity index (χ1) is 10.1. The van der Waals surface area contributed by atoms with Crippen LogP contribution in [-0.4, -0.2) is 25.3 Å². The molecule has 6 heteroatoms. The first-order valence-corrected chi connectivity index (χ1v) is 10.6. The molecule has 0 aromatic carbocycles. The zero-order valence-electron chi connectivity index (χ0n) is 12.3. The predicted octanol–water partition coefficient (Wildman–Crippen LogP) is 4.14. The van der Waals surface area contributed by atoms with E-state index in [2.05, 4.69) is 0 Å². The van der Waals surface area contributed by atoms with Crippen molar-refractivity contribution < 1.29 is 8.42 Å². The lowest BCUT2D eigenvalue weighted by atomic mass is 9.97. The van der Waals surface area contributed by atoms with Crippen LogP contribution in [0.4, 0.5) is 0 Å². The van der Waals surface area contributed by atoms with Gasteiger partial charge >= 0.3 is 0 Å². The molecule has 0 bridgehead atoms. The van der Waals surface area contributed by atoms with Gasteiger partial charge in [0.15, 0.2) is 0 Å². The molecule has 1 aromatic rings. The Morgan fingerprint density at radius 3 is 2.67 bits per heavy atom. The number of sulfonamides is 1. The van der Waals surface area contributed by atoms with E-state index in [-0.39, 0.29) is 11.9 Å². The Kier molecular flexibility index (Phi) is 4.65. The molecular formula is C15H22ClNO2S2. The second-order valence-electron chi connectivity index (χ2n) is 6.17. The summed E-state index contributed by atoms with van der Waals surface area (Å²) in [6.07, 6.45) is 6.87. The summed E-state index contributed by atoms with van der Waals surface area (Å²) in [6.45, 7) is 2.54. The monoisotopic (exact) mass is 347 g/mol. The first kappa shape index (κ1) is 15.8. The topological polar surface area (TPSA) is 37.4 Å². The summed E-state index contributed by atoms with van der Waals surface area (Å²) in [4.78, 5) is 1.26. The van der Waals surface area contributed by atoms with E-state index in [4.69, 9.17) is 11.6 Å². The molecule has 0 spiro atoms. The van der Waals surface area contributed by atoms with Crippen LogP contribution >= 0.6 is 22.9 Å². The molecule has 1 unspecified atom stereocenters. The van der Waals surface area contributed by atoms with Gasteiger partial charge in [0, 0.05) is 17.5 Å². The van der Waals surface area contributed by atoms with Crippen molar-refractivity contribution in [3.8, 4) is 0 Å². The van der Waals surface area contributed by atoms with E-state index in [1.165, 1.54) is 37.0 Å². The van der Waals surface area contributed by atoms with Crippen LogP contribution in [0.2, 0.25) is 0 Å². The Labute approximate surface area is 136 Å². The normalized spacial score (nSPS) is 25.0. The molecule has 1 aromatic heterocycles. The van der Waals surface area contributed by atoms with Crippen molar-refractivity contribution in [2.24, 2.45) is 5.92 Å². The Morgan fingerprint density at radius 1 is 1.29 bits per heavy atom. The summed E-state index contributed by atoms with van der Waals surface area (Å²) in [5.74, 6) is 0.829. The maximum absolute atomic E-state index is 13.1. The van der Waals surface area contributed by atoms with Crippen molar-refractivity contribution in [2.45, 2.75) is 62.3 Å². The smallest absolute Gasteiger partial charge is 0.207 e. The molecule has 2 aliphatic rings. The van der Waals surface area contributed by atoms with Gasteiger partial charge in [0.2, 0.25) is 10.0 Å². The van der Waals surface area contributed by atoms with Gasteiger partial charge < -0.3 is 0 Å². The lowest BCUT2D eigenvalue weighted by molar-refractivity contribution is 0.288. The molecule has 0 radical (unpaired) electrons. The third-order valence-corrected chi connectivity index (χ3v) is 8.68. The maximum atomic E-state index is 13.1. The predicted molar refractivity (Wildman–Crippen MR) is 87.5 cm³/mol. The fourth-order valence-corrected chi connectivity index (χ4v) is 7.69. The lowest BCUT2D eigenvalue weighted by Gasteiger charge is -2.29. The highest BCUT2D eigenvalue weighted by Crippen LogP contribution is 2.40. The zero-order chi connectivity index (χ0) is 15.0. The number of alkyl halides is 1. The summed E-state index contributed by atoms with van der Waals surface area (Å²) in [7, 11) is -3.40. The average molecular weight is 348 g/mol. The van der Waals surface area contributed by atoms with Crippen LogP contribution < -0.4 is 0 Å². The number of thiophene rings is 1. The van der Waals surface area contributed by atoms with Crippen molar-refractivity contribution in [3.63, 3.8) is 0 Å². The number of hydrogen-bond donors (Lipinski definition) is 0. The van der Waals surface area contributed by atoms with Gasteiger partial charge in [-0.3, -0.25) is 0 Å². The lowest BCUT2D eigenvalue weighted by Crippen LogP contribution is -2.39. The van der Waals surface area contributed by atoms with Crippen LogP contribution in [0, 0.1) is 12.8 Å². The minimum atomic E-state index is -3.40. The van der Waals surface area contributed by atoms with Crippen LogP contribution in [0.15, 0.2) is 10.3 Å². The van der Waals surface area contributed by atoms with E-state index in [1.54, 1.807) is 4.31 Å². The molecule has 2 heterocycles. The van der Waals surface area contributed by atoms with Gasteiger partial charge in [-0.25, -0.2) is 8.42 Å². The summed E-state index contributed by atoms with van der Waals surface area (Å²) < 4.78 is 28.1. The highest BCUT2D eigenvalue weighted by molar-refractivity contribution is 7.89. The molecule has 2 fully saturated rings. The molecule has 0 amide bonds. The van der Waals surface area contributed by atoms with Crippen LogP contribution in [0.25, 0.3) is 0 Å². The molecular weight excluding hydrogens is 326 g/mol. The van der Waals surface area contributed by atoms with Crippen LogP contribution in [0.5, 0.6) is 0 Å². The van der Waals surface area contributed by atoms with Gasteiger partial charge in [0.05, 0.1) is 5.88 Å². The molecule has 1 atom stereocenters. The fourth-order valence-electron chi connectivity index (χ4n) is 3.92. The molecule has 21 heavy (non-hydrogen) atoms. The quantitative estimate of drug-likeness (QED) is 0.767. The Hall–Kier alpha value is -0.100. The van der Waals surface area contributed by atoms with Crippen LogP contribution in [-0.2, 0) is 15.9 Å². The number of rotatable bonds is 4. The van der Waals surface area contributed by atoms with Crippen molar-refractivity contribution >= 4 is 33.0 Å². The van der Waals surface area contributed by atoms with E-state index < -0.39 is 10.0 Å². The van der Waals surface area contributed by atoms with Crippen molar-refractivity contribution in [2.75, 3.05) is 6.54 Å². The Bertz CT molecular complexity index is 605. The summed E-state index contributed by atoms with van der Waals surface area (Å²) >= 11 is 7.41. The van der Waals surface area contributed by atoms with E-state index in [0.717, 1.165) is 23.3 Å². The van der Waals surface area contributed by atoms with Crippen LogP contribution in [0.1, 0.15) is 49.0 Å². The van der Waals surface area contributed by atoms with Crippen molar-refractivity contribution in [3.05, 3.63) is 15.8 Å². The van der Waals surface area contributed by atoms with E-state index in [1.807, 2.05) is 12.3 Å². The highest BCUT2D eigenvalue weighted by Gasteiger charge is 2.41. The highest BCUT2D eigenvalue weighted by atomic mass is 35.5. The summed E-state index contributed by atoms with van der Waals surface area (Å²) in [5.41, 5.74) is 0.840. The molecule has 3 nitrogen and oxygen atoms in total. The minimum absolute atomic E-state index is 0.208.